The number of hydrogen-bond donors (Lipinski definition) is 2. The third-order valence-corrected chi connectivity index (χ3v) is 6.84. The first-order valence-electron chi connectivity index (χ1n) is 5.17. The summed E-state index contributed by atoms with van der Waals surface area (Å²) in [5.74, 6) is -0.0409. The molecule has 0 aromatic heterocycles. The quantitative estimate of drug-likeness (QED) is 0.655. The lowest BCUT2D eigenvalue weighted by atomic mass is 10.1. The van der Waals surface area contributed by atoms with Crippen LogP contribution < -0.4 is 5.73 Å². The summed E-state index contributed by atoms with van der Waals surface area (Å²) in [6.45, 7) is 3.00. The minimum atomic E-state index is -3.42. The van der Waals surface area contributed by atoms with E-state index in [1.54, 1.807) is 31.2 Å². The molecule has 3 N–H and O–H groups in total. The van der Waals surface area contributed by atoms with Gasteiger partial charge in [0.2, 0.25) is 0 Å². The average Bonchev–Trinajstić information content (AvgIpc) is 2.28. The predicted molar refractivity (Wildman–Crippen MR) is 72.6 cm³/mol. The number of aliphatic hydroxyl groups is 1. The lowest BCUT2D eigenvalue weighted by molar-refractivity contribution is 0.167. The van der Waals surface area contributed by atoms with Crippen LogP contribution in [0, 0.1) is 0 Å². The van der Waals surface area contributed by atoms with Crippen LogP contribution >= 0.6 is 15.9 Å². The maximum atomic E-state index is 11.9. The number of alkyl halides is 1. The summed E-state index contributed by atoms with van der Waals surface area (Å²) in [5.41, 5.74) is 6.61. The summed E-state index contributed by atoms with van der Waals surface area (Å²) in [6.07, 6.45) is -1.15. The molecule has 0 fully saturated rings. The molecule has 0 radical (unpaired) electrons. The molecule has 0 heterocycles. The van der Waals surface area contributed by atoms with Crippen molar-refractivity contribution in [2.45, 2.75) is 23.6 Å². The molecule has 0 aliphatic heterocycles. The molecule has 1 aromatic rings. The van der Waals surface area contributed by atoms with E-state index in [0.29, 0.717) is 11.3 Å². The molecular formula is C11H16BrNO3S. The van der Waals surface area contributed by atoms with Gasteiger partial charge in [0.25, 0.3) is 0 Å². The molecule has 96 valence electrons. The van der Waals surface area contributed by atoms with Crippen molar-refractivity contribution in [1.82, 2.24) is 0 Å². The highest BCUT2D eigenvalue weighted by Crippen LogP contribution is 2.38. The standard InChI is InChI=1S/C11H16BrNO3S/c1-3-17(15,16)11(2,12)10(14)8-4-6-9(13)7-5-8/h4-7,10,14H,3,13H2,1-2H3/t10-,11-/m0/s1. The zero-order valence-electron chi connectivity index (χ0n) is 9.72. The third-order valence-electron chi connectivity index (χ3n) is 2.73. The second kappa shape index (κ2) is 4.96. The summed E-state index contributed by atoms with van der Waals surface area (Å²) in [6, 6.07) is 6.48. The fourth-order valence-electron chi connectivity index (χ4n) is 1.43. The molecule has 0 saturated heterocycles. The Morgan fingerprint density at radius 2 is 1.88 bits per heavy atom. The van der Waals surface area contributed by atoms with E-state index in [2.05, 4.69) is 15.9 Å². The Morgan fingerprint density at radius 1 is 1.41 bits per heavy atom. The number of sulfone groups is 1. The second-order valence-electron chi connectivity index (χ2n) is 3.96. The van der Waals surface area contributed by atoms with Crippen LogP contribution in [0.5, 0.6) is 0 Å². The van der Waals surface area contributed by atoms with Crippen LogP contribution in [0.2, 0.25) is 0 Å². The highest BCUT2D eigenvalue weighted by atomic mass is 79.9. The number of anilines is 1. The minimum absolute atomic E-state index is 0.0409. The molecule has 1 rings (SSSR count). The fraction of sp³-hybridized carbons (Fsp3) is 0.455. The number of aliphatic hydroxyl groups excluding tert-OH is 1. The van der Waals surface area contributed by atoms with Gasteiger partial charge in [0, 0.05) is 11.4 Å². The first kappa shape index (κ1) is 14.5. The zero-order valence-corrected chi connectivity index (χ0v) is 12.1. The Hall–Kier alpha value is -0.590. The van der Waals surface area contributed by atoms with Gasteiger partial charge < -0.3 is 10.8 Å². The van der Waals surface area contributed by atoms with Gasteiger partial charge in [0.05, 0.1) is 0 Å². The van der Waals surface area contributed by atoms with E-state index in [4.69, 9.17) is 5.73 Å². The summed E-state index contributed by atoms with van der Waals surface area (Å²) in [7, 11) is -3.42. The lowest BCUT2D eigenvalue weighted by Gasteiger charge is -2.28. The molecule has 0 spiro atoms. The molecule has 1 aromatic carbocycles. The van der Waals surface area contributed by atoms with Crippen molar-refractivity contribution in [2.24, 2.45) is 0 Å². The summed E-state index contributed by atoms with van der Waals surface area (Å²) < 4.78 is 22.3. The van der Waals surface area contributed by atoms with Crippen LogP contribution in [0.15, 0.2) is 24.3 Å². The van der Waals surface area contributed by atoms with Crippen molar-refractivity contribution in [3.05, 3.63) is 29.8 Å². The molecule has 0 aliphatic rings. The van der Waals surface area contributed by atoms with Crippen LogP contribution in [-0.2, 0) is 9.84 Å². The van der Waals surface area contributed by atoms with E-state index >= 15 is 0 Å². The highest BCUT2D eigenvalue weighted by Gasteiger charge is 2.42. The maximum absolute atomic E-state index is 11.9. The van der Waals surface area contributed by atoms with Gasteiger partial charge in [-0.2, -0.15) is 0 Å². The van der Waals surface area contributed by atoms with Crippen molar-refractivity contribution in [3.63, 3.8) is 0 Å². The normalized spacial score (nSPS) is 17.4. The number of nitrogens with two attached hydrogens (primary N) is 1. The third kappa shape index (κ3) is 2.81. The van der Waals surface area contributed by atoms with Crippen molar-refractivity contribution in [3.8, 4) is 0 Å². The van der Waals surface area contributed by atoms with Crippen molar-refractivity contribution in [2.75, 3.05) is 11.5 Å². The molecule has 0 bridgehead atoms. The van der Waals surface area contributed by atoms with Gasteiger partial charge in [-0.3, -0.25) is 0 Å². The number of halogens is 1. The first-order chi connectivity index (χ1) is 7.72. The Morgan fingerprint density at radius 3 is 2.29 bits per heavy atom. The van der Waals surface area contributed by atoms with Crippen molar-refractivity contribution >= 4 is 31.5 Å². The zero-order chi connectivity index (χ0) is 13.3. The van der Waals surface area contributed by atoms with E-state index in [0.717, 1.165) is 0 Å². The minimum Gasteiger partial charge on any atom is -0.399 e. The van der Waals surface area contributed by atoms with Gasteiger partial charge in [-0.25, -0.2) is 8.42 Å². The van der Waals surface area contributed by atoms with Gasteiger partial charge in [-0.1, -0.05) is 35.0 Å². The summed E-state index contributed by atoms with van der Waals surface area (Å²) in [5, 5.41) is 10.1. The van der Waals surface area contributed by atoms with Gasteiger partial charge in [-0.15, -0.1) is 0 Å². The van der Waals surface area contributed by atoms with Crippen LogP contribution in [0.25, 0.3) is 0 Å². The van der Waals surface area contributed by atoms with Crippen LogP contribution in [0.3, 0.4) is 0 Å². The summed E-state index contributed by atoms with van der Waals surface area (Å²) >= 11 is 3.12. The monoisotopic (exact) mass is 321 g/mol. The molecule has 6 heteroatoms. The lowest BCUT2D eigenvalue weighted by Crippen LogP contribution is -2.36. The molecular weight excluding hydrogens is 306 g/mol. The van der Waals surface area contributed by atoms with Gasteiger partial charge >= 0.3 is 0 Å². The van der Waals surface area contributed by atoms with E-state index in [1.807, 2.05) is 0 Å². The van der Waals surface area contributed by atoms with Crippen LogP contribution in [-0.4, -0.2) is 22.9 Å². The second-order valence-corrected chi connectivity index (χ2v) is 8.79. The Bertz CT molecular complexity index is 482. The van der Waals surface area contributed by atoms with Crippen molar-refractivity contribution in [1.29, 1.82) is 0 Å². The van der Waals surface area contributed by atoms with E-state index in [9.17, 15) is 13.5 Å². The van der Waals surface area contributed by atoms with Crippen LogP contribution in [0.4, 0.5) is 5.69 Å². The molecule has 4 nitrogen and oxygen atoms in total. The molecule has 0 unspecified atom stereocenters. The SMILES string of the molecule is CCS(=O)(=O)[C@](C)(Br)[C@@H](O)c1ccc(N)cc1. The average molecular weight is 322 g/mol. The predicted octanol–water partition coefficient (Wildman–Crippen LogP) is 1.85. The topological polar surface area (TPSA) is 80.4 Å². The number of nitrogen functional groups attached to an aromatic ring is 1. The highest BCUT2D eigenvalue weighted by molar-refractivity contribution is 9.11. The Labute approximate surface area is 110 Å². The summed E-state index contributed by atoms with van der Waals surface area (Å²) in [4.78, 5) is 0. The maximum Gasteiger partial charge on any atom is 0.168 e. The van der Waals surface area contributed by atoms with E-state index in [1.165, 1.54) is 6.92 Å². The van der Waals surface area contributed by atoms with Gasteiger partial charge in [0.15, 0.2) is 13.5 Å². The number of rotatable bonds is 4. The van der Waals surface area contributed by atoms with E-state index < -0.39 is 19.6 Å². The van der Waals surface area contributed by atoms with Crippen LogP contribution in [0.1, 0.15) is 25.5 Å². The number of benzene rings is 1. The Balaban J connectivity index is 3.12. The largest absolute Gasteiger partial charge is 0.399 e. The molecule has 2 atom stereocenters. The smallest absolute Gasteiger partial charge is 0.168 e. The van der Waals surface area contributed by atoms with Gasteiger partial charge in [0.1, 0.15) is 6.10 Å². The van der Waals surface area contributed by atoms with Crippen molar-refractivity contribution < 1.29 is 13.5 Å². The Kier molecular flexibility index (Phi) is 4.22. The molecule has 17 heavy (non-hydrogen) atoms. The molecule has 0 amide bonds. The van der Waals surface area contributed by atoms with E-state index in [-0.39, 0.29) is 5.75 Å². The molecule has 0 saturated carbocycles. The van der Waals surface area contributed by atoms with Gasteiger partial charge in [-0.05, 0) is 24.6 Å². The number of hydrogen-bond acceptors (Lipinski definition) is 4. The fourth-order valence-corrected chi connectivity index (χ4v) is 3.42. The first-order valence-corrected chi connectivity index (χ1v) is 7.61. The molecule has 0 aliphatic carbocycles.